The van der Waals surface area contributed by atoms with E-state index in [0.717, 1.165) is 23.5 Å². The third kappa shape index (κ3) is 3.22. The van der Waals surface area contributed by atoms with Crippen LogP contribution in [0.15, 0.2) is 28.7 Å². The molecule has 0 spiro atoms. The summed E-state index contributed by atoms with van der Waals surface area (Å²) in [5.41, 5.74) is 9.01. The number of aromatic nitrogens is 2. The molecule has 102 valence electrons. The fourth-order valence-electron chi connectivity index (χ4n) is 2.12. The molecule has 2 aromatic rings. The Hall–Kier alpha value is -1.20. The quantitative estimate of drug-likeness (QED) is 0.936. The summed E-state index contributed by atoms with van der Waals surface area (Å²) in [6.07, 6.45) is 0.649. The maximum atomic E-state index is 13.5. The number of hydrogen-bond donors (Lipinski definition) is 1. The predicted molar refractivity (Wildman–Crippen MR) is 77.4 cm³/mol. The summed E-state index contributed by atoms with van der Waals surface area (Å²) in [4.78, 5) is 0. The summed E-state index contributed by atoms with van der Waals surface area (Å²) in [7, 11) is 0. The van der Waals surface area contributed by atoms with Gasteiger partial charge in [-0.3, -0.25) is 4.68 Å². The molecule has 0 aliphatic heterocycles. The SMILES string of the molecule is CCn1nc(C)cc1CC(N)c1ccc(Br)c(F)c1. The first-order valence-corrected chi connectivity index (χ1v) is 7.04. The first kappa shape index (κ1) is 14.2. The molecule has 1 heterocycles. The van der Waals surface area contributed by atoms with Crippen molar-refractivity contribution in [1.82, 2.24) is 9.78 Å². The van der Waals surface area contributed by atoms with Crippen LogP contribution in [-0.2, 0) is 13.0 Å². The van der Waals surface area contributed by atoms with E-state index in [1.54, 1.807) is 6.07 Å². The second-order valence-corrected chi connectivity index (χ2v) is 5.43. The van der Waals surface area contributed by atoms with E-state index in [9.17, 15) is 4.39 Å². The zero-order valence-corrected chi connectivity index (χ0v) is 12.6. The Bertz CT molecular complexity index is 580. The van der Waals surface area contributed by atoms with E-state index in [-0.39, 0.29) is 11.9 Å². The summed E-state index contributed by atoms with van der Waals surface area (Å²) < 4.78 is 15.9. The van der Waals surface area contributed by atoms with E-state index in [2.05, 4.69) is 21.0 Å². The third-order valence-electron chi connectivity index (χ3n) is 3.09. The van der Waals surface area contributed by atoms with Gasteiger partial charge in [-0.1, -0.05) is 6.07 Å². The monoisotopic (exact) mass is 325 g/mol. The average Bonchev–Trinajstić information content (AvgIpc) is 2.72. The lowest BCUT2D eigenvalue weighted by Crippen LogP contribution is -2.16. The lowest BCUT2D eigenvalue weighted by Gasteiger charge is -2.13. The fourth-order valence-corrected chi connectivity index (χ4v) is 2.37. The molecule has 1 unspecified atom stereocenters. The summed E-state index contributed by atoms with van der Waals surface area (Å²) in [6, 6.07) is 6.81. The van der Waals surface area contributed by atoms with Gasteiger partial charge in [0.2, 0.25) is 0 Å². The number of rotatable bonds is 4. The normalized spacial score (nSPS) is 12.7. The first-order valence-electron chi connectivity index (χ1n) is 6.25. The summed E-state index contributed by atoms with van der Waals surface area (Å²) in [6.45, 7) is 4.81. The van der Waals surface area contributed by atoms with E-state index < -0.39 is 0 Å². The van der Waals surface area contributed by atoms with Gasteiger partial charge in [-0.25, -0.2) is 4.39 Å². The molecule has 5 heteroatoms. The van der Waals surface area contributed by atoms with Crippen LogP contribution in [-0.4, -0.2) is 9.78 Å². The Morgan fingerprint density at radius 1 is 1.42 bits per heavy atom. The van der Waals surface area contributed by atoms with Crippen LogP contribution < -0.4 is 5.73 Å². The fraction of sp³-hybridized carbons (Fsp3) is 0.357. The largest absolute Gasteiger partial charge is 0.324 e. The van der Waals surface area contributed by atoms with Crippen LogP contribution in [0.3, 0.4) is 0 Å². The van der Waals surface area contributed by atoms with Crippen LogP contribution in [0.4, 0.5) is 4.39 Å². The van der Waals surface area contributed by atoms with Crippen molar-refractivity contribution in [2.45, 2.75) is 32.9 Å². The maximum absolute atomic E-state index is 13.5. The summed E-state index contributed by atoms with van der Waals surface area (Å²) in [5, 5.41) is 4.39. The standard InChI is InChI=1S/C14H17BrFN3/c1-3-19-11(6-9(2)18-19)8-14(17)10-4-5-12(15)13(16)7-10/h4-7,14H,3,8,17H2,1-2H3. The van der Waals surface area contributed by atoms with Crippen LogP contribution >= 0.6 is 15.9 Å². The van der Waals surface area contributed by atoms with Gasteiger partial charge in [0.05, 0.1) is 10.2 Å². The minimum Gasteiger partial charge on any atom is -0.324 e. The molecule has 2 N–H and O–H groups in total. The highest BCUT2D eigenvalue weighted by molar-refractivity contribution is 9.10. The van der Waals surface area contributed by atoms with Crippen LogP contribution in [0.1, 0.15) is 29.9 Å². The molecule has 2 rings (SSSR count). The van der Waals surface area contributed by atoms with Gasteiger partial charge in [0.25, 0.3) is 0 Å². The number of nitrogens with zero attached hydrogens (tertiary/aromatic N) is 2. The average molecular weight is 326 g/mol. The van der Waals surface area contributed by atoms with Gasteiger partial charge in [0.1, 0.15) is 5.82 Å². The van der Waals surface area contributed by atoms with Crippen molar-refractivity contribution < 1.29 is 4.39 Å². The van der Waals surface area contributed by atoms with Crippen molar-refractivity contribution in [2.24, 2.45) is 5.73 Å². The summed E-state index contributed by atoms with van der Waals surface area (Å²) >= 11 is 3.14. The maximum Gasteiger partial charge on any atom is 0.137 e. The molecule has 0 fully saturated rings. The minimum atomic E-state index is -0.284. The Kier molecular flexibility index (Phi) is 4.37. The van der Waals surface area contributed by atoms with E-state index in [0.29, 0.717) is 10.9 Å². The lowest BCUT2D eigenvalue weighted by molar-refractivity contribution is 0.581. The molecular formula is C14H17BrFN3. The Morgan fingerprint density at radius 2 is 2.16 bits per heavy atom. The van der Waals surface area contributed by atoms with Crippen molar-refractivity contribution in [3.63, 3.8) is 0 Å². The van der Waals surface area contributed by atoms with Gasteiger partial charge in [-0.2, -0.15) is 5.10 Å². The number of hydrogen-bond acceptors (Lipinski definition) is 2. The van der Waals surface area contributed by atoms with E-state index >= 15 is 0 Å². The Morgan fingerprint density at radius 3 is 2.79 bits per heavy atom. The van der Waals surface area contributed by atoms with E-state index in [1.165, 1.54) is 6.07 Å². The van der Waals surface area contributed by atoms with Crippen LogP contribution in [0.2, 0.25) is 0 Å². The molecule has 0 saturated heterocycles. The highest BCUT2D eigenvalue weighted by Gasteiger charge is 2.13. The van der Waals surface area contributed by atoms with Crippen molar-refractivity contribution in [3.8, 4) is 0 Å². The van der Waals surface area contributed by atoms with Crippen molar-refractivity contribution in [1.29, 1.82) is 0 Å². The Labute approximate surface area is 120 Å². The molecule has 0 radical (unpaired) electrons. The molecule has 0 aliphatic carbocycles. The second kappa shape index (κ2) is 5.84. The zero-order valence-electron chi connectivity index (χ0n) is 11.0. The third-order valence-corrected chi connectivity index (χ3v) is 3.73. The minimum absolute atomic E-state index is 0.232. The smallest absolute Gasteiger partial charge is 0.137 e. The van der Waals surface area contributed by atoms with Gasteiger partial charge in [0, 0.05) is 24.7 Å². The number of halogens is 2. The molecule has 1 aromatic carbocycles. The molecule has 0 bridgehead atoms. The molecule has 1 atom stereocenters. The molecule has 0 saturated carbocycles. The van der Waals surface area contributed by atoms with Crippen LogP contribution in [0, 0.1) is 12.7 Å². The van der Waals surface area contributed by atoms with Crippen LogP contribution in [0.5, 0.6) is 0 Å². The highest BCUT2D eigenvalue weighted by Crippen LogP contribution is 2.22. The van der Waals surface area contributed by atoms with Crippen molar-refractivity contribution in [3.05, 3.63) is 51.5 Å². The molecule has 1 aromatic heterocycles. The van der Waals surface area contributed by atoms with Crippen molar-refractivity contribution in [2.75, 3.05) is 0 Å². The molecule has 19 heavy (non-hydrogen) atoms. The lowest BCUT2D eigenvalue weighted by atomic mass is 10.0. The molecule has 0 amide bonds. The van der Waals surface area contributed by atoms with Crippen LogP contribution in [0.25, 0.3) is 0 Å². The molecule has 3 nitrogen and oxygen atoms in total. The van der Waals surface area contributed by atoms with Gasteiger partial charge < -0.3 is 5.73 Å². The Balaban J connectivity index is 2.20. The summed E-state index contributed by atoms with van der Waals surface area (Å²) in [5.74, 6) is -0.284. The molecular weight excluding hydrogens is 309 g/mol. The van der Waals surface area contributed by atoms with Gasteiger partial charge in [-0.15, -0.1) is 0 Å². The second-order valence-electron chi connectivity index (χ2n) is 4.58. The topological polar surface area (TPSA) is 43.8 Å². The number of benzene rings is 1. The van der Waals surface area contributed by atoms with Crippen molar-refractivity contribution >= 4 is 15.9 Å². The zero-order chi connectivity index (χ0) is 14.0. The van der Waals surface area contributed by atoms with Gasteiger partial charge >= 0.3 is 0 Å². The highest BCUT2D eigenvalue weighted by atomic mass is 79.9. The first-order chi connectivity index (χ1) is 9.01. The number of nitrogens with two attached hydrogens (primary N) is 1. The van der Waals surface area contributed by atoms with E-state index in [1.807, 2.05) is 30.7 Å². The molecule has 0 aliphatic rings. The van der Waals surface area contributed by atoms with E-state index in [4.69, 9.17) is 5.73 Å². The van der Waals surface area contributed by atoms with Gasteiger partial charge in [-0.05, 0) is 53.5 Å². The number of aryl methyl sites for hydroxylation is 2. The van der Waals surface area contributed by atoms with Gasteiger partial charge in [0.15, 0.2) is 0 Å². The predicted octanol–water partition coefficient (Wildman–Crippen LogP) is 3.36.